The van der Waals surface area contributed by atoms with Crippen LogP contribution >= 0.6 is 0 Å². The second-order valence-electron chi connectivity index (χ2n) is 5.02. The van der Waals surface area contributed by atoms with E-state index in [9.17, 15) is 9.59 Å². The summed E-state index contributed by atoms with van der Waals surface area (Å²) in [6.07, 6.45) is 0. The van der Waals surface area contributed by atoms with Crippen molar-refractivity contribution in [2.45, 2.75) is 12.8 Å². The monoisotopic (exact) mass is 313 g/mol. The van der Waals surface area contributed by atoms with Crippen LogP contribution < -0.4 is 10.1 Å². The minimum absolute atomic E-state index is 0.202. The van der Waals surface area contributed by atoms with Crippen LogP contribution in [0.1, 0.15) is 28.8 Å². The lowest BCUT2D eigenvalue weighted by Gasteiger charge is -2.15. The number of rotatable bonds is 5. The first-order chi connectivity index (χ1) is 11.1. The molecule has 1 N–H and O–H groups in total. The van der Waals surface area contributed by atoms with E-state index in [1.807, 2.05) is 24.3 Å². The zero-order valence-corrected chi connectivity index (χ0v) is 13.3. The van der Waals surface area contributed by atoms with Crippen LogP contribution in [0, 0.1) is 0 Å². The third-order valence-corrected chi connectivity index (χ3v) is 3.60. The third kappa shape index (κ3) is 3.88. The van der Waals surface area contributed by atoms with Gasteiger partial charge < -0.3 is 14.8 Å². The first-order valence-corrected chi connectivity index (χ1v) is 7.19. The zero-order chi connectivity index (χ0) is 16.8. The molecule has 0 radical (unpaired) electrons. The maximum atomic E-state index is 12.4. The number of anilines is 1. The van der Waals surface area contributed by atoms with Gasteiger partial charge in [-0.05, 0) is 36.8 Å². The summed E-state index contributed by atoms with van der Waals surface area (Å²) in [6, 6.07) is 14.0. The minimum atomic E-state index is -0.488. The lowest BCUT2D eigenvalue weighted by Crippen LogP contribution is -2.20. The highest BCUT2D eigenvalue weighted by Crippen LogP contribution is 2.22. The lowest BCUT2D eigenvalue weighted by molar-refractivity contribution is -0.117. The average molecular weight is 313 g/mol. The smallest absolute Gasteiger partial charge is 0.339 e. The largest absolute Gasteiger partial charge is 0.497 e. The van der Waals surface area contributed by atoms with Gasteiger partial charge in [-0.1, -0.05) is 24.3 Å². The van der Waals surface area contributed by atoms with Gasteiger partial charge >= 0.3 is 5.97 Å². The maximum absolute atomic E-state index is 12.4. The van der Waals surface area contributed by atoms with Crippen molar-refractivity contribution in [1.29, 1.82) is 0 Å². The van der Waals surface area contributed by atoms with Gasteiger partial charge in [0.2, 0.25) is 5.91 Å². The summed E-state index contributed by atoms with van der Waals surface area (Å²) in [5.74, 6) is -0.325. The molecule has 120 valence electrons. The number of hydrogen-bond acceptors (Lipinski definition) is 4. The van der Waals surface area contributed by atoms with Gasteiger partial charge in [0.25, 0.3) is 0 Å². The number of carbonyl (C=O) groups excluding carboxylic acids is 2. The van der Waals surface area contributed by atoms with E-state index in [1.165, 1.54) is 7.11 Å². The van der Waals surface area contributed by atoms with Crippen LogP contribution in [-0.2, 0) is 9.53 Å². The third-order valence-electron chi connectivity index (χ3n) is 3.60. The Kier molecular flexibility index (Phi) is 5.36. The molecule has 0 saturated carbocycles. The second-order valence-corrected chi connectivity index (χ2v) is 5.02. The summed E-state index contributed by atoms with van der Waals surface area (Å²) in [7, 11) is 2.90. The first kappa shape index (κ1) is 16.5. The summed E-state index contributed by atoms with van der Waals surface area (Å²) >= 11 is 0. The number of hydrogen-bond donors (Lipinski definition) is 1. The molecule has 5 heteroatoms. The Morgan fingerprint density at radius 1 is 1.00 bits per heavy atom. The van der Waals surface area contributed by atoms with E-state index in [-0.39, 0.29) is 11.8 Å². The summed E-state index contributed by atoms with van der Waals surface area (Å²) in [4.78, 5) is 24.2. The highest BCUT2D eigenvalue weighted by Gasteiger charge is 2.18. The molecule has 2 aromatic carbocycles. The van der Waals surface area contributed by atoms with Gasteiger partial charge in [-0.3, -0.25) is 4.79 Å². The van der Waals surface area contributed by atoms with Crippen molar-refractivity contribution >= 4 is 17.6 Å². The number of amides is 1. The van der Waals surface area contributed by atoms with Gasteiger partial charge in [-0.15, -0.1) is 0 Å². The molecule has 0 heterocycles. The van der Waals surface area contributed by atoms with Crippen LogP contribution in [0.15, 0.2) is 48.5 Å². The van der Waals surface area contributed by atoms with Gasteiger partial charge in [0.1, 0.15) is 5.75 Å². The first-order valence-electron chi connectivity index (χ1n) is 7.19. The van der Waals surface area contributed by atoms with Crippen LogP contribution in [-0.4, -0.2) is 26.1 Å². The fourth-order valence-electron chi connectivity index (χ4n) is 2.17. The van der Waals surface area contributed by atoms with Crippen LogP contribution in [0.4, 0.5) is 5.69 Å². The molecule has 0 aliphatic carbocycles. The molecule has 5 nitrogen and oxygen atoms in total. The molecule has 0 spiro atoms. The second kappa shape index (κ2) is 7.45. The molecular weight excluding hydrogens is 294 g/mol. The van der Waals surface area contributed by atoms with E-state index < -0.39 is 5.97 Å². The predicted molar refractivity (Wildman–Crippen MR) is 87.8 cm³/mol. The van der Waals surface area contributed by atoms with Crippen LogP contribution in [0.2, 0.25) is 0 Å². The quantitative estimate of drug-likeness (QED) is 0.861. The molecule has 0 aliphatic rings. The Labute approximate surface area is 135 Å². The highest BCUT2D eigenvalue weighted by atomic mass is 16.5. The van der Waals surface area contributed by atoms with Crippen molar-refractivity contribution in [1.82, 2.24) is 0 Å². The van der Waals surface area contributed by atoms with Crippen molar-refractivity contribution in [3.05, 3.63) is 59.7 Å². The summed E-state index contributed by atoms with van der Waals surface area (Å²) in [5, 5.41) is 2.78. The minimum Gasteiger partial charge on any atom is -0.497 e. The molecule has 2 aromatic rings. The SMILES string of the molecule is COC(=O)c1ccccc1NC(=O)C(C)c1ccc(OC)cc1. The van der Waals surface area contributed by atoms with Crippen molar-refractivity contribution < 1.29 is 19.1 Å². The zero-order valence-electron chi connectivity index (χ0n) is 13.3. The number of esters is 1. The topological polar surface area (TPSA) is 64.6 Å². The van der Waals surface area contributed by atoms with E-state index in [4.69, 9.17) is 9.47 Å². The molecule has 0 saturated heterocycles. The normalized spacial score (nSPS) is 11.4. The molecule has 0 fully saturated rings. The summed E-state index contributed by atoms with van der Waals surface area (Å²) in [5.41, 5.74) is 1.62. The number of para-hydroxylation sites is 1. The van der Waals surface area contributed by atoms with Crippen molar-refractivity contribution in [2.75, 3.05) is 19.5 Å². The number of methoxy groups -OCH3 is 2. The van der Waals surface area contributed by atoms with E-state index >= 15 is 0 Å². The Morgan fingerprint density at radius 2 is 1.65 bits per heavy atom. The maximum Gasteiger partial charge on any atom is 0.339 e. The lowest BCUT2D eigenvalue weighted by atomic mass is 10.00. The number of benzene rings is 2. The average Bonchev–Trinajstić information content (AvgIpc) is 2.61. The van der Waals surface area contributed by atoms with Gasteiger partial charge in [0.15, 0.2) is 0 Å². The standard InChI is InChI=1S/C18H19NO4/c1-12(13-8-10-14(22-2)11-9-13)17(20)19-16-7-5-4-6-15(16)18(21)23-3/h4-12H,1-3H3,(H,19,20). The van der Waals surface area contributed by atoms with Gasteiger partial charge in [-0.25, -0.2) is 4.79 Å². The van der Waals surface area contributed by atoms with E-state index in [1.54, 1.807) is 38.3 Å². The van der Waals surface area contributed by atoms with Crippen LogP contribution in [0.3, 0.4) is 0 Å². The Hall–Kier alpha value is -2.82. The van der Waals surface area contributed by atoms with Crippen molar-refractivity contribution in [3.8, 4) is 5.75 Å². The number of nitrogens with one attached hydrogen (secondary N) is 1. The molecule has 0 aromatic heterocycles. The molecule has 1 unspecified atom stereocenters. The van der Waals surface area contributed by atoms with Crippen LogP contribution in [0.5, 0.6) is 5.75 Å². The Bertz CT molecular complexity index is 694. The van der Waals surface area contributed by atoms with Gasteiger partial charge in [-0.2, -0.15) is 0 Å². The van der Waals surface area contributed by atoms with E-state index in [0.717, 1.165) is 11.3 Å². The highest BCUT2D eigenvalue weighted by molar-refractivity contribution is 6.03. The Balaban J connectivity index is 2.16. The molecule has 0 aliphatic heterocycles. The molecule has 1 atom stereocenters. The molecular formula is C18H19NO4. The van der Waals surface area contributed by atoms with E-state index in [0.29, 0.717) is 11.3 Å². The fraction of sp³-hybridized carbons (Fsp3) is 0.222. The van der Waals surface area contributed by atoms with Crippen molar-refractivity contribution in [3.63, 3.8) is 0 Å². The summed E-state index contributed by atoms with van der Waals surface area (Å²) in [6.45, 7) is 1.80. The Morgan fingerprint density at radius 3 is 2.26 bits per heavy atom. The number of ether oxygens (including phenoxy) is 2. The molecule has 2 rings (SSSR count). The molecule has 23 heavy (non-hydrogen) atoms. The van der Waals surface area contributed by atoms with Crippen LogP contribution in [0.25, 0.3) is 0 Å². The molecule has 1 amide bonds. The van der Waals surface area contributed by atoms with Crippen molar-refractivity contribution in [2.24, 2.45) is 0 Å². The fourth-order valence-corrected chi connectivity index (χ4v) is 2.17. The number of carbonyl (C=O) groups is 2. The van der Waals surface area contributed by atoms with E-state index in [2.05, 4.69) is 5.32 Å². The van der Waals surface area contributed by atoms with Gasteiger partial charge in [0, 0.05) is 0 Å². The van der Waals surface area contributed by atoms with Gasteiger partial charge in [0.05, 0.1) is 31.4 Å². The summed E-state index contributed by atoms with van der Waals surface area (Å²) < 4.78 is 9.83. The predicted octanol–water partition coefficient (Wildman–Crippen LogP) is 3.22. The molecule has 0 bridgehead atoms.